The molecule has 0 saturated carbocycles. The van der Waals surface area contributed by atoms with Crippen LogP contribution in [-0.4, -0.2) is 4.21 Å². The summed E-state index contributed by atoms with van der Waals surface area (Å²) in [6, 6.07) is 6.61. The average Bonchev–Trinajstić information content (AvgIpc) is 2.05. The van der Waals surface area contributed by atoms with E-state index in [1.54, 1.807) is 24.3 Å². The average molecular weight is 174 g/mol. The highest BCUT2D eigenvalue weighted by molar-refractivity contribution is 7.80. The van der Waals surface area contributed by atoms with Crippen LogP contribution in [0.3, 0.4) is 0 Å². The summed E-state index contributed by atoms with van der Waals surface area (Å²) in [4.78, 5) is 0.332. The Morgan fingerprint density at radius 2 is 1.91 bits per heavy atom. The molecule has 4 heteroatoms. The monoisotopic (exact) mass is 174 g/mol. The Morgan fingerprint density at radius 3 is 2.36 bits per heavy atom. The van der Waals surface area contributed by atoms with Crippen molar-refractivity contribution in [1.29, 1.82) is 0 Å². The molecule has 1 aromatic rings. The Bertz CT molecular complexity index is 258. The molecule has 0 aliphatic carbocycles. The van der Waals surface area contributed by atoms with Crippen molar-refractivity contribution in [3.05, 3.63) is 29.8 Å². The summed E-state index contributed by atoms with van der Waals surface area (Å²) in [6.45, 7) is 1.89. The van der Waals surface area contributed by atoms with Crippen LogP contribution in [0.2, 0.25) is 0 Å². The van der Waals surface area contributed by atoms with Crippen LogP contribution in [-0.2, 0) is 15.5 Å². The third-order valence-electron chi connectivity index (χ3n) is 1.27. The van der Waals surface area contributed by atoms with Crippen molar-refractivity contribution >= 4 is 11.1 Å². The van der Waals surface area contributed by atoms with Crippen LogP contribution < -0.4 is 0 Å². The molecule has 0 heterocycles. The molecule has 0 amide bonds. The van der Waals surface area contributed by atoms with Crippen LogP contribution >= 0.6 is 0 Å². The van der Waals surface area contributed by atoms with Gasteiger partial charge in [-0.05, 0) is 23.6 Å². The van der Waals surface area contributed by atoms with Crippen molar-refractivity contribution in [2.75, 3.05) is 0 Å². The number of aryl methyl sites for hydroxylation is 1. The van der Waals surface area contributed by atoms with Gasteiger partial charge in [-0.15, -0.1) is 0 Å². The summed E-state index contributed by atoms with van der Waals surface area (Å²) in [5.41, 5.74) is 1.03. The van der Waals surface area contributed by atoms with E-state index in [1.807, 2.05) is 6.92 Å². The van der Waals surface area contributed by atoms with Gasteiger partial charge in [0, 0.05) is 0 Å². The normalized spacial score (nSPS) is 12.9. The molecule has 0 bridgehead atoms. The van der Waals surface area contributed by atoms with Crippen molar-refractivity contribution in [2.24, 2.45) is 0 Å². The van der Waals surface area contributed by atoms with E-state index in [0.717, 1.165) is 5.56 Å². The Morgan fingerprint density at radius 1 is 1.36 bits per heavy atom. The number of hydrogen-bond donors (Lipinski definition) is 0. The topological polar surface area (TPSA) is 26.3 Å². The lowest BCUT2D eigenvalue weighted by molar-refractivity contribution is 0.0125. The van der Waals surface area contributed by atoms with E-state index in [9.17, 15) is 8.74 Å². The maximum absolute atomic E-state index is 11.4. The van der Waals surface area contributed by atoms with Gasteiger partial charge in [0.05, 0.1) is 4.90 Å². The summed E-state index contributed by atoms with van der Waals surface area (Å²) >= 11 is -1.97. The minimum absolute atomic E-state index is 0.332. The van der Waals surface area contributed by atoms with Crippen molar-refractivity contribution in [1.82, 2.24) is 0 Å². The van der Waals surface area contributed by atoms with Crippen LogP contribution in [0.4, 0.5) is 4.53 Å². The van der Waals surface area contributed by atoms with Crippen LogP contribution in [0.25, 0.3) is 0 Å². The second-order valence-corrected chi connectivity index (χ2v) is 3.18. The van der Waals surface area contributed by atoms with Gasteiger partial charge in [-0.2, -0.15) is 0 Å². The maximum Gasteiger partial charge on any atom is 0.225 e. The lowest BCUT2D eigenvalue weighted by Crippen LogP contribution is -1.89. The highest BCUT2D eigenvalue weighted by atomic mass is 32.2. The molecule has 0 spiro atoms. The van der Waals surface area contributed by atoms with E-state index in [1.165, 1.54) is 0 Å². The minimum atomic E-state index is -1.97. The standard InChI is InChI=1S/C7H7FO2S/c1-6-2-4-7(5-3-6)11(9)10-8/h2-5H,1H3. The lowest BCUT2D eigenvalue weighted by Gasteiger charge is -1.95. The molecule has 1 atom stereocenters. The Labute approximate surface area is 66.6 Å². The van der Waals surface area contributed by atoms with E-state index in [4.69, 9.17) is 0 Å². The van der Waals surface area contributed by atoms with E-state index in [-0.39, 0.29) is 0 Å². The molecule has 1 aromatic carbocycles. The summed E-state index contributed by atoms with van der Waals surface area (Å²) < 4.78 is 25.2. The molecular formula is C7H7FO2S. The molecule has 0 saturated heterocycles. The van der Waals surface area contributed by atoms with Gasteiger partial charge in [0.15, 0.2) is 0 Å². The maximum atomic E-state index is 11.4. The van der Waals surface area contributed by atoms with Crippen LogP contribution in [0.15, 0.2) is 29.2 Å². The first-order chi connectivity index (χ1) is 5.24. The van der Waals surface area contributed by atoms with E-state index in [2.05, 4.69) is 4.39 Å². The highest BCUT2D eigenvalue weighted by Gasteiger charge is 2.02. The predicted molar refractivity (Wildman–Crippen MR) is 39.8 cm³/mol. The fourth-order valence-electron chi connectivity index (χ4n) is 0.686. The van der Waals surface area contributed by atoms with Gasteiger partial charge < -0.3 is 0 Å². The summed E-state index contributed by atoms with van der Waals surface area (Å²) in [5, 5.41) is 0. The Balaban J connectivity index is 2.90. The highest BCUT2D eigenvalue weighted by Crippen LogP contribution is 2.08. The molecule has 2 nitrogen and oxygen atoms in total. The third kappa shape index (κ3) is 2.10. The van der Waals surface area contributed by atoms with Gasteiger partial charge in [0.2, 0.25) is 11.1 Å². The van der Waals surface area contributed by atoms with Crippen LogP contribution in [0.5, 0.6) is 0 Å². The summed E-state index contributed by atoms with van der Waals surface area (Å²) in [6.07, 6.45) is 0. The molecular weight excluding hydrogens is 167 g/mol. The van der Waals surface area contributed by atoms with Crippen LogP contribution in [0, 0.1) is 6.92 Å². The van der Waals surface area contributed by atoms with Crippen molar-refractivity contribution in [3.63, 3.8) is 0 Å². The molecule has 0 aliphatic rings. The zero-order chi connectivity index (χ0) is 8.27. The molecule has 0 N–H and O–H groups in total. The van der Waals surface area contributed by atoms with Crippen molar-refractivity contribution in [2.45, 2.75) is 11.8 Å². The van der Waals surface area contributed by atoms with E-state index in [0.29, 0.717) is 4.90 Å². The van der Waals surface area contributed by atoms with Gasteiger partial charge in [-0.1, -0.05) is 22.1 Å². The second-order valence-electron chi connectivity index (χ2n) is 2.11. The zero-order valence-corrected chi connectivity index (χ0v) is 6.73. The van der Waals surface area contributed by atoms with Gasteiger partial charge >= 0.3 is 0 Å². The molecule has 0 radical (unpaired) electrons. The van der Waals surface area contributed by atoms with Crippen molar-refractivity contribution in [3.8, 4) is 0 Å². The number of halogens is 1. The molecule has 0 fully saturated rings. The number of benzene rings is 1. The minimum Gasteiger partial charge on any atom is -0.221 e. The Kier molecular flexibility index (Phi) is 2.73. The second kappa shape index (κ2) is 3.59. The molecule has 1 unspecified atom stereocenters. The van der Waals surface area contributed by atoms with Gasteiger partial charge in [-0.3, -0.25) is 0 Å². The fraction of sp³-hybridized carbons (Fsp3) is 0.143. The summed E-state index contributed by atoms with van der Waals surface area (Å²) in [5.74, 6) is 0. The van der Waals surface area contributed by atoms with Crippen LogP contribution in [0.1, 0.15) is 5.56 Å². The predicted octanol–water partition coefficient (Wildman–Crippen LogP) is 1.92. The molecule has 0 aromatic heterocycles. The van der Waals surface area contributed by atoms with Gasteiger partial charge in [0.1, 0.15) is 0 Å². The smallest absolute Gasteiger partial charge is 0.221 e. The SMILES string of the molecule is Cc1ccc(S(=O)OF)cc1. The first kappa shape index (κ1) is 8.36. The number of hydrogen-bond acceptors (Lipinski definition) is 2. The van der Waals surface area contributed by atoms with E-state index < -0.39 is 11.1 Å². The zero-order valence-electron chi connectivity index (χ0n) is 5.91. The van der Waals surface area contributed by atoms with Gasteiger partial charge in [0.25, 0.3) is 0 Å². The fourth-order valence-corrected chi connectivity index (χ4v) is 1.12. The van der Waals surface area contributed by atoms with Gasteiger partial charge in [-0.25, -0.2) is 4.21 Å². The summed E-state index contributed by atoms with van der Waals surface area (Å²) in [7, 11) is 0. The quantitative estimate of drug-likeness (QED) is 0.684. The molecule has 1 rings (SSSR count). The molecule has 11 heavy (non-hydrogen) atoms. The third-order valence-corrected chi connectivity index (χ3v) is 2.04. The van der Waals surface area contributed by atoms with Crippen molar-refractivity contribution < 1.29 is 13.1 Å². The first-order valence-corrected chi connectivity index (χ1v) is 4.09. The van der Waals surface area contributed by atoms with E-state index >= 15 is 0 Å². The first-order valence-electron chi connectivity index (χ1n) is 3.01. The molecule has 60 valence electrons. The Hall–Kier alpha value is -0.740. The molecule has 0 aliphatic heterocycles. The number of rotatable bonds is 2. The lowest BCUT2D eigenvalue weighted by atomic mass is 10.2. The largest absolute Gasteiger partial charge is 0.225 e.